The summed E-state index contributed by atoms with van der Waals surface area (Å²) in [6, 6.07) is 1.23. The molecule has 0 aromatic heterocycles. The van der Waals surface area contributed by atoms with Gasteiger partial charge in [0.2, 0.25) is 0 Å². The van der Waals surface area contributed by atoms with Crippen molar-refractivity contribution in [3.8, 4) is 0 Å². The molecule has 14 heavy (non-hydrogen) atoms. The molecule has 0 aromatic carbocycles. The molecule has 1 N–H and O–H groups in total. The Kier molecular flexibility index (Phi) is 5.35. The Morgan fingerprint density at radius 3 is 1.86 bits per heavy atom. The highest BCUT2D eigenvalue weighted by atomic mass is 15.0. The highest BCUT2D eigenvalue weighted by Gasteiger charge is 2.23. The lowest BCUT2D eigenvalue weighted by Gasteiger charge is -2.30. The smallest absolute Gasteiger partial charge is 0.0471 e. The molecule has 0 rings (SSSR count). The number of nitrogens with zero attached hydrogens (tertiary/aromatic N) is 1. The van der Waals surface area contributed by atoms with Crippen LogP contribution in [0.25, 0.3) is 0 Å². The second kappa shape index (κ2) is 5.50. The Labute approximate surface area is 89.2 Å². The van der Waals surface area contributed by atoms with Crippen LogP contribution in [0, 0.1) is 5.41 Å². The highest BCUT2D eigenvalue weighted by molar-refractivity contribution is 5.65. The summed E-state index contributed by atoms with van der Waals surface area (Å²) in [6.45, 7) is 15.2. The molecule has 0 saturated carbocycles. The standard InChI is InChI=1S/C12H26N2/c1-9(2)13-8-11(12(5,6)7)14-10(3)4/h8-11,14H,1-7H3/t11-/m0/s1. The van der Waals surface area contributed by atoms with Gasteiger partial charge in [-0.3, -0.25) is 4.99 Å². The Morgan fingerprint density at radius 2 is 1.57 bits per heavy atom. The molecule has 0 saturated heterocycles. The van der Waals surface area contributed by atoms with Gasteiger partial charge in [0.25, 0.3) is 0 Å². The van der Waals surface area contributed by atoms with Gasteiger partial charge in [0, 0.05) is 24.3 Å². The summed E-state index contributed by atoms with van der Waals surface area (Å²) in [6.07, 6.45) is 2.06. The van der Waals surface area contributed by atoms with Crippen molar-refractivity contribution in [1.82, 2.24) is 5.32 Å². The van der Waals surface area contributed by atoms with Crippen LogP contribution in [0.5, 0.6) is 0 Å². The van der Waals surface area contributed by atoms with Gasteiger partial charge in [-0.05, 0) is 19.3 Å². The van der Waals surface area contributed by atoms with Crippen LogP contribution in [0.4, 0.5) is 0 Å². The maximum absolute atomic E-state index is 4.46. The monoisotopic (exact) mass is 198 g/mol. The number of aliphatic imine (C=N–C) groups is 1. The Bertz CT molecular complexity index is 175. The van der Waals surface area contributed by atoms with Gasteiger partial charge in [-0.15, -0.1) is 0 Å². The zero-order valence-electron chi connectivity index (χ0n) is 10.8. The van der Waals surface area contributed by atoms with Crippen LogP contribution in [-0.4, -0.2) is 24.3 Å². The molecule has 0 unspecified atom stereocenters. The normalized spacial score (nSPS) is 15.8. The number of nitrogens with one attached hydrogen (secondary N) is 1. The average Bonchev–Trinajstić information content (AvgIpc) is 1.94. The summed E-state index contributed by atoms with van der Waals surface area (Å²) in [5.74, 6) is 0. The van der Waals surface area contributed by atoms with Gasteiger partial charge < -0.3 is 5.32 Å². The molecule has 0 radical (unpaired) electrons. The fraction of sp³-hybridized carbons (Fsp3) is 0.917. The minimum atomic E-state index is 0.225. The molecule has 0 aromatic rings. The summed E-state index contributed by atoms with van der Waals surface area (Å²) in [7, 11) is 0. The molecular formula is C12H26N2. The van der Waals surface area contributed by atoms with E-state index in [9.17, 15) is 0 Å². The number of hydrogen-bond acceptors (Lipinski definition) is 2. The first kappa shape index (κ1) is 13.6. The molecule has 0 spiro atoms. The van der Waals surface area contributed by atoms with E-state index in [1.165, 1.54) is 0 Å². The molecule has 0 bridgehead atoms. The SMILES string of the molecule is CC(C)N=C[C@H](NC(C)C)C(C)(C)C. The predicted molar refractivity (Wildman–Crippen MR) is 65.1 cm³/mol. The van der Waals surface area contributed by atoms with Crippen LogP contribution in [-0.2, 0) is 0 Å². The van der Waals surface area contributed by atoms with Gasteiger partial charge in [-0.1, -0.05) is 34.6 Å². The van der Waals surface area contributed by atoms with Crippen molar-refractivity contribution in [2.24, 2.45) is 10.4 Å². The largest absolute Gasteiger partial charge is 0.306 e. The zero-order chi connectivity index (χ0) is 11.4. The van der Waals surface area contributed by atoms with E-state index in [1.807, 2.05) is 0 Å². The topological polar surface area (TPSA) is 24.4 Å². The summed E-state index contributed by atoms with van der Waals surface area (Å²) in [5.41, 5.74) is 0.225. The van der Waals surface area contributed by atoms with Crippen LogP contribution in [0.15, 0.2) is 4.99 Å². The predicted octanol–water partition coefficient (Wildman–Crippen LogP) is 2.88. The number of rotatable bonds is 4. The van der Waals surface area contributed by atoms with E-state index in [0.29, 0.717) is 18.1 Å². The summed E-state index contributed by atoms with van der Waals surface area (Å²) >= 11 is 0. The van der Waals surface area contributed by atoms with E-state index in [2.05, 4.69) is 65.0 Å². The lowest BCUT2D eigenvalue weighted by atomic mass is 9.87. The fourth-order valence-electron chi connectivity index (χ4n) is 1.13. The molecule has 0 aliphatic carbocycles. The van der Waals surface area contributed by atoms with Gasteiger partial charge in [0.1, 0.15) is 0 Å². The van der Waals surface area contributed by atoms with E-state index in [0.717, 1.165) is 0 Å². The third kappa shape index (κ3) is 6.14. The average molecular weight is 198 g/mol. The third-order valence-electron chi connectivity index (χ3n) is 1.98. The minimum Gasteiger partial charge on any atom is -0.306 e. The van der Waals surface area contributed by atoms with Crippen molar-refractivity contribution in [3.05, 3.63) is 0 Å². The highest BCUT2D eigenvalue weighted by Crippen LogP contribution is 2.18. The van der Waals surface area contributed by atoms with E-state index >= 15 is 0 Å². The maximum Gasteiger partial charge on any atom is 0.0471 e. The van der Waals surface area contributed by atoms with Crippen molar-refractivity contribution >= 4 is 6.21 Å². The van der Waals surface area contributed by atoms with E-state index in [4.69, 9.17) is 0 Å². The van der Waals surface area contributed by atoms with Crippen molar-refractivity contribution < 1.29 is 0 Å². The lowest BCUT2D eigenvalue weighted by Crippen LogP contribution is -2.45. The van der Waals surface area contributed by atoms with Crippen molar-refractivity contribution in [1.29, 1.82) is 0 Å². The molecule has 1 atom stereocenters. The minimum absolute atomic E-state index is 0.225. The van der Waals surface area contributed by atoms with Gasteiger partial charge in [-0.2, -0.15) is 0 Å². The van der Waals surface area contributed by atoms with Gasteiger partial charge in [0.05, 0.1) is 0 Å². The first-order valence-corrected chi connectivity index (χ1v) is 5.53. The van der Waals surface area contributed by atoms with Crippen molar-refractivity contribution in [2.45, 2.75) is 66.6 Å². The summed E-state index contributed by atoms with van der Waals surface area (Å²) < 4.78 is 0. The Morgan fingerprint density at radius 1 is 1.07 bits per heavy atom. The molecule has 2 nitrogen and oxygen atoms in total. The second-order valence-electron chi connectivity index (χ2n) is 5.56. The summed E-state index contributed by atoms with van der Waals surface area (Å²) in [4.78, 5) is 4.46. The van der Waals surface area contributed by atoms with E-state index in [-0.39, 0.29) is 5.41 Å². The Balaban J connectivity index is 4.41. The maximum atomic E-state index is 4.46. The second-order valence-corrected chi connectivity index (χ2v) is 5.56. The molecule has 0 aliphatic rings. The molecule has 2 heteroatoms. The van der Waals surface area contributed by atoms with Crippen LogP contribution >= 0.6 is 0 Å². The van der Waals surface area contributed by atoms with Crippen molar-refractivity contribution in [3.63, 3.8) is 0 Å². The van der Waals surface area contributed by atoms with Gasteiger partial charge in [-0.25, -0.2) is 0 Å². The fourth-order valence-corrected chi connectivity index (χ4v) is 1.13. The van der Waals surface area contributed by atoms with Crippen molar-refractivity contribution in [2.75, 3.05) is 0 Å². The molecule has 0 fully saturated rings. The quantitative estimate of drug-likeness (QED) is 0.690. The van der Waals surface area contributed by atoms with Gasteiger partial charge >= 0.3 is 0 Å². The first-order chi connectivity index (χ1) is 6.23. The zero-order valence-corrected chi connectivity index (χ0v) is 10.8. The third-order valence-corrected chi connectivity index (χ3v) is 1.98. The molecule has 0 amide bonds. The van der Waals surface area contributed by atoms with Crippen LogP contribution in [0.2, 0.25) is 0 Å². The van der Waals surface area contributed by atoms with E-state index in [1.54, 1.807) is 0 Å². The molecule has 84 valence electrons. The molecular weight excluding hydrogens is 172 g/mol. The molecule has 0 heterocycles. The number of hydrogen-bond donors (Lipinski definition) is 1. The molecule has 0 aliphatic heterocycles. The van der Waals surface area contributed by atoms with Crippen LogP contribution < -0.4 is 5.32 Å². The Hall–Kier alpha value is -0.370. The van der Waals surface area contributed by atoms with Gasteiger partial charge in [0.15, 0.2) is 0 Å². The van der Waals surface area contributed by atoms with Crippen LogP contribution in [0.1, 0.15) is 48.5 Å². The summed E-state index contributed by atoms with van der Waals surface area (Å²) in [5, 5.41) is 3.53. The first-order valence-electron chi connectivity index (χ1n) is 5.53. The van der Waals surface area contributed by atoms with E-state index < -0.39 is 0 Å². The lowest BCUT2D eigenvalue weighted by molar-refractivity contribution is 0.318. The van der Waals surface area contributed by atoms with Crippen LogP contribution in [0.3, 0.4) is 0 Å².